The van der Waals surface area contributed by atoms with Crippen molar-refractivity contribution in [3.05, 3.63) is 53.9 Å². The van der Waals surface area contributed by atoms with E-state index in [0.717, 1.165) is 18.8 Å². The molecule has 1 aromatic heterocycles. The van der Waals surface area contributed by atoms with Gasteiger partial charge >= 0.3 is 0 Å². The van der Waals surface area contributed by atoms with Crippen LogP contribution in [-0.4, -0.2) is 11.7 Å². The van der Waals surface area contributed by atoms with E-state index >= 15 is 0 Å². The second kappa shape index (κ2) is 7.15. The molecule has 0 spiro atoms. The SMILES string of the molecule is CCCn1ccc(CNC(C)c2cccc(OC)c2)c1. The molecule has 0 fully saturated rings. The number of hydrogen-bond acceptors (Lipinski definition) is 2. The van der Waals surface area contributed by atoms with Crippen LogP contribution in [0.25, 0.3) is 0 Å². The minimum Gasteiger partial charge on any atom is -0.497 e. The molecule has 0 radical (unpaired) electrons. The molecule has 2 rings (SSSR count). The fourth-order valence-electron chi connectivity index (χ4n) is 2.29. The van der Waals surface area contributed by atoms with Crippen LogP contribution in [0, 0.1) is 0 Å². The molecule has 108 valence electrons. The van der Waals surface area contributed by atoms with Gasteiger partial charge in [0, 0.05) is 31.5 Å². The molecule has 0 bridgehead atoms. The van der Waals surface area contributed by atoms with E-state index in [-0.39, 0.29) is 0 Å². The lowest BCUT2D eigenvalue weighted by molar-refractivity contribution is 0.413. The van der Waals surface area contributed by atoms with Gasteiger partial charge in [-0.15, -0.1) is 0 Å². The molecule has 0 aliphatic heterocycles. The summed E-state index contributed by atoms with van der Waals surface area (Å²) in [5, 5.41) is 3.55. The minimum absolute atomic E-state index is 0.305. The Labute approximate surface area is 121 Å². The Morgan fingerprint density at radius 1 is 1.30 bits per heavy atom. The molecule has 3 heteroatoms. The summed E-state index contributed by atoms with van der Waals surface area (Å²) in [7, 11) is 1.70. The van der Waals surface area contributed by atoms with E-state index in [1.165, 1.54) is 17.5 Å². The number of methoxy groups -OCH3 is 1. The van der Waals surface area contributed by atoms with Gasteiger partial charge in [0.05, 0.1) is 7.11 Å². The Morgan fingerprint density at radius 3 is 2.90 bits per heavy atom. The van der Waals surface area contributed by atoms with Gasteiger partial charge in [0.15, 0.2) is 0 Å². The van der Waals surface area contributed by atoms with Crippen LogP contribution in [0.4, 0.5) is 0 Å². The van der Waals surface area contributed by atoms with Gasteiger partial charge in [0.25, 0.3) is 0 Å². The zero-order valence-corrected chi connectivity index (χ0v) is 12.6. The second-order valence-electron chi connectivity index (χ2n) is 5.14. The lowest BCUT2D eigenvalue weighted by Crippen LogP contribution is -2.17. The van der Waals surface area contributed by atoms with Crippen LogP contribution < -0.4 is 10.1 Å². The first-order valence-corrected chi connectivity index (χ1v) is 7.25. The summed E-state index contributed by atoms with van der Waals surface area (Å²) in [5.41, 5.74) is 2.57. The average molecular weight is 272 g/mol. The van der Waals surface area contributed by atoms with Crippen LogP contribution >= 0.6 is 0 Å². The molecule has 20 heavy (non-hydrogen) atoms. The van der Waals surface area contributed by atoms with Gasteiger partial charge < -0.3 is 14.6 Å². The maximum absolute atomic E-state index is 5.27. The largest absolute Gasteiger partial charge is 0.497 e. The van der Waals surface area contributed by atoms with Crippen molar-refractivity contribution in [1.82, 2.24) is 9.88 Å². The molecule has 1 aromatic carbocycles. The molecule has 1 heterocycles. The van der Waals surface area contributed by atoms with Crippen molar-refractivity contribution in [2.24, 2.45) is 0 Å². The van der Waals surface area contributed by atoms with Crippen molar-refractivity contribution in [3.8, 4) is 5.75 Å². The van der Waals surface area contributed by atoms with E-state index in [1.807, 2.05) is 12.1 Å². The van der Waals surface area contributed by atoms with Gasteiger partial charge in [-0.05, 0) is 42.7 Å². The predicted molar refractivity (Wildman–Crippen MR) is 83.0 cm³/mol. The predicted octanol–water partition coefficient (Wildman–Crippen LogP) is 3.76. The first kappa shape index (κ1) is 14.7. The van der Waals surface area contributed by atoms with Gasteiger partial charge in [-0.1, -0.05) is 19.1 Å². The third-order valence-corrected chi connectivity index (χ3v) is 3.50. The monoisotopic (exact) mass is 272 g/mol. The number of ether oxygens (including phenoxy) is 1. The van der Waals surface area contributed by atoms with Gasteiger partial charge in [0.2, 0.25) is 0 Å². The van der Waals surface area contributed by atoms with E-state index < -0.39 is 0 Å². The normalized spacial score (nSPS) is 12.3. The molecule has 0 amide bonds. The molecule has 0 saturated heterocycles. The minimum atomic E-state index is 0.305. The van der Waals surface area contributed by atoms with Crippen LogP contribution in [0.1, 0.15) is 37.4 Å². The highest BCUT2D eigenvalue weighted by Crippen LogP contribution is 2.19. The van der Waals surface area contributed by atoms with E-state index in [2.05, 4.69) is 54.3 Å². The molecule has 0 saturated carbocycles. The highest BCUT2D eigenvalue weighted by Gasteiger charge is 2.06. The van der Waals surface area contributed by atoms with E-state index in [1.54, 1.807) is 7.11 Å². The van der Waals surface area contributed by atoms with E-state index in [0.29, 0.717) is 6.04 Å². The van der Waals surface area contributed by atoms with Gasteiger partial charge in [0.1, 0.15) is 5.75 Å². The fourth-order valence-corrected chi connectivity index (χ4v) is 2.29. The number of benzene rings is 1. The topological polar surface area (TPSA) is 26.2 Å². The molecular weight excluding hydrogens is 248 g/mol. The van der Waals surface area contributed by atoms with Gasteiger partial charge in [-0.3, -0.25) is 0 Å². The molecular formula is C17H24N2O. The number of hydrogen-bond donors (Lipinski definition) is 1. The first-order chi connectivity index (χ1) is 9.72. The number of nitrogens with one attached hydrogen (secondary N) is 1. The number of aryl methyl sites for hydroxylation is 1. The molecule has 2 aromatic rings. The zero-order valence-electron chi connectivity index (χ0n) is 12.6. The summed E-state index contributed by atoms with van der Waals surface area (Å²) in [4.78, 5) is 0. The molecule has 1 atom stereocenters. The second-order valence-corrected chi connectivity index (χ2v) is 5.14. The molecule has 3 nitrogen and oxygen atoms in total. The number of rotatable bonds is 7. The third-order valence-electron chi connectivity index (χ3n) is 3.50. The summed E-state index contributed by atoms with van der Waals surface area (Å²) >= 11 is 0. The maximum Gasteiger partial charge on any atom is 0.119 e. The van der Waals surface area contributed by atoms with Crippen molar-refractivity contribution >= 4 is 0 Å². The zero-order chi connectivity index (χ0) is 14.4. The first-order valence-electron chi connectivity index (χ1n) is 7.25. The Bertz CT molecular complexity index is 533. The Kier molecular flexibility index (Phi) is 5.24. The molecule has 1 N–H and O–H groups in total. The smallest absolute Gasteiger partial charge is 0.119 e. The van der Waals surface area contributed by atoms with Crippen molar-refractivity contribution in [2.45, 2.75) is 39.4 Å². The number of aromatic nitrogens is 1. The van der Waals surface area contributed by atoms with Crippen LogP contribution in [-0.2, 0) is 13.1 Å². The van der Waals surface area contributed by atoms with Crippen LogP contribution in [0.5, 0.6) is 5.75 Å². The van der Waals surface area contributed by atoms with Crippen LogP contribution in [0.2, 0.25) is 0 Å². The lowest BCUT2D eigenvalue weighted by atomic mass is 10.1. The molecule has 0 aliphatic carbocycles. The Hall–Kier alpha value is -1.74. The molecule has 0 aliphatic rings. The van der Waals surface area contributed by atoms with Crippen molar-refractivity contribution < 1.29 is 4.74 Å². The van der Waals surface area contributed by atoms with Crippen molar-refractivity contribution in [3.63, 3.8) is 0 Å². The quantitative estimate of drug-likeness (QED) is 0.830. The van der Waals surface area contributed by atoms with E-state index in [4.69, 9.17) is 4.74 Å². The summed E-state index contributed by atoms with van der Waals surface area (Å²) in [6.45, 7) is 6.35. The van der Waals surface area contributed by atoms with Crippen LogP contribution in [0.3, 0.4) is 0 Å². The number of nitrogens with zero attached hydrogens (tertiary/aromatic N) is 1. The highest BCUT2D eigenvalue weighted by atomic mass is 16.5. The maximum atomic E-state index is 5.27. The Balaban J connectivity index is 1.91. The van der Waals surface area contributed by atoms with Crippen molar-refractivity contribution in [1.29, 1.82) is 0 Å². The van der Waals surface area contributed by atoms with Crippen LogP contribution in [0.15, 0.2) is 42.7 Å². The Morgan fingerprint density at radius 2 is 2.15 bits per heavy atom. The summed E-state index contributed by atoms with van der Waals surface area (Å²) in [6.07, 6.45) is 5.54. The van der Waals surface area contributed by atoms with E-state index in [9.17, 15) is 0 Å². The summed E-state index contributed by atoms with van der Waals surface area (Å²) in [5.74, 6) is 0.908. The average Bonchev–Trinajstić information content (AvgIpc) is 2.93. The van der Waals surface area contributed by atoms with Gasteiger partial charge in [-0.2, -0.15) is 0 Å². The van der Waals surface area contributed by atoms with Crippen molar-refractivity contribution in [2.75, 3.05) is 7.11 Å². The third kappa shape index (κ3) is 3.87. The summed E-state index contributed by atoms with van der Waals surface area (Å²) < 4.78 is 7.51. The lowest BCUT2D eigenvalue weighted by Gasteiger charge is -2.14. The van der Waals surface area contributed by atoms with Gasteiger partial charge in [-0.25, -0.2) is 0 Å². The summed E-state index contributed by atoms with van der Waals surface area (Å²) in [6, 6.07) is 10.7. The highest BCUT2D eigenvalue weighted by molar-refractivity contribution is 5.30. The fraction of sp³-hybridized carbons (Fsp3) is 0.412. The standard InChI is InChI=1S/C17H24N2O/c1-4-9-19-10-8-15(13-19)12-18-14(2)16-6-5-7-17(11-16)20-3/h5-8,10-11,13-14,18H,4,9,12H2,1-3H3. The molecule has 1 unspecified atom stereocenters.